The Balaban J connectivity index is 2.16. The molecule has 0 aromatic rings. The van der Waals surface area contributed by atoms with Crippen molar-refractivity contribution in [1.82, 2.24) is 0 Å². The third-order valence-corrected chi connectivity index (χ3v) is 4.93. The molecule has 0 aromatic carbocycles. The lowest BCUT2D eigenvalue weighted by Crippen LogP contribution is -2.14. The Labute approximate surface area is 112 Å². The summed E-state index contributed by atoms with van der Waals surface area (Å²) in [5, 5.41) is 0. The van der Waals surface area contributed by atoms with Gasteiger partial charge in [-0.3, -0.25) is 0 Å². The number of fused-ring (bicyclic) bond motifs is 5. The largest absolute Gasteiger partial charge is 0.0804 e. The molecule has 0 heterocycles. The zero-order chi connectivity index (χ0) is 13.3. The Kier molecular flexibility index (Phi) is 2.32. The molecule has 2 unspecified atom stereocenters. The second-order valence-electron chi connectivity index (χ2n) is 8.29. The monoisotopic (exact) mass is 242 g/mol. The van der Waals surface area contributed by atoms with Crippen LogP contribution in [0.5, 0.6) is 0 Å². The Morgan fingerprint density at radius 3 is 1.50 bits per heavy atom. The molecule has 1 fully saturated rings. The molecule has 0 N–H and O–H groups in total. The standard InChI is InChI=1S/C18H26/c1-17(2,3)13-10-14(18(4,5)6)16-12-8-7-11(9-12)15(13)16/h7-8,11-12H,9-10H2,1-6H3. The van der Waals surface area contributed by atoms with Gasteiger partial charge in [0.25, 0.3) is 0 Å². The smallest absolute Gasteiger partial charge is 0.00298 e. The Morgan fingerprint density at radius 1 is 0.778 bits per heavy atom. The van der Waals surface area contributed by atoms with E-state index in [1.807, 2.05) is 0 Å². The molecule has 1 saturated carbocycles. The van der Waals surface area contributed by atoms with Gasteiger partial charge >= 0.3 is 0 Å². The average Bonchev–Trinajstić information content (AvgIpc) is 2.85. The maximum absolute atomic E-state index is 2.46. The number of allylic oxidation sites excluding steroid dienone is 6. The van der Waals surface area contributed by atoms with Crippen LogP contribution in [0, 0.1) is 22.7 Å². The average molecular weight is 242 g/mol. The molecule has 3 rings (SSSR count). The number of rotatable bonds is 0. The van der Waals surface area contributed by atoms with E-state index in [0.717, 1.165) is 11.8 Å². The van der Waals surface area contributed by atoms with Crippen molar-refractivity contribution >= 4 is 0 Å². The summed E-state index contributed by atoms with van der Waals surface area (Å²) in [5.74, 6) is 1.47. The van der Waals surface area contributed by atoms with E-state index in [2.05, 4.69) is 53.7 Å². The van der Waals surface area contributed by atoms with Crippen molar-refractivity contribution in [1.29, 1.82) is 0 Å². The first-order valence-electron chi connectivity index (χ1n) is 7.35. The summed E-state index contributed by atoms with van der Waals surface area (Å²) in [6.07, 6.45) is 7.50. The van der Waals surface area contributed by atoms with Crippen molar-refractivity contribution in [3.63, 3.8) is 0 Å². The van der Waals surface area contributed by atoms with E-state index in [1.165, 1.54) is 12.8 Å². The van der Waals surface area contributed by atoms with E-state index in [1.54, 1.807) is 22.3 Å². The van der Waals surface area contributed by atoms with E-state index >= 15 is 0 Å². The van der Waals surface area contributed by atoms with E-state index < -0.39 is 0 Å². The Hall–Kier alpha value is -0.780. The third kappa shape index (κ3) is 1.57. The lowest BCUT2D eigenvalue weighted by molar-refractivity contribution is 0.450. The zero-order valence-electron chi connectivity index (χ0n) is 12.7. The molecule has 0 spiro atoms. The second-order valence-corrected chi connectivity index (χ2v) is 8.29. The van der Waals surface area contributed by atoms with Crippen LogP contribution in [0.2, 0.25) is 0 Å². The summed E-state index contributed by atoms with van der Waals surface area (Å²) in [7, 11) is 0. The molecular weight excluding hydrogens is 216 g/mol. The molecule has 18 heavy (non-hydrogen) atoms. The van der Waals surface area contributed by atoms with Crippen LogP contribution in [0.4, 0.5) is 0 Å². The van der Waals surface area contributed by atoms with Gasteiger partial charge in [-0.1, -0.05) is 64.8 Å². The lowest BCUT2D eigenvalue weighted by Gasteiger charge is -2.27. The van der Waals surface area contributed by atoms with Gasteiger partial charge in [0.1, 0.15) is 0 Å². The topological polar surface area (TPSA) is 0 Å². The van der Waals surface area contributed by atoms with Gasteiger partial charge in [0.05, 0.1) is 0 Å². The van der Waals surface area contributed by atoms with Crippen LogP contribution < -0.4 is 0 Å². The summed E-state index contributed by atoms with van der Waals surface area (Å²) in [6, 6.07) is 0. The molecule has 2 atom stereocenters. The highest BCUT2D eigenvalue weighted by Gasteiger charge is 2.46. The van der Waals surface area contributed by atoms with Crippen LogP contribution in [-0.2, 0) is 0 Å². The van der Waals surface area contributed by atoms with Crippen molar-refractivity contribution in [2.45, 2.75) is 54.4 Å². The first-order valence-corrected chi connectivity index (χ1v) is 7.35. The van der Waals surface area contributed by atoms with Crippen molar-refractivity contribution in [3.05, 3.63) is 34.4 Å². The number of hydrogen-bond donors (Lipinski definition) is 0. The molecule has 0 saturated heterocycles. The van der Waals surface area contributed by atoms with Gasteiger partial charge in [0.15, 0.2) is 0 Å². The quantitative estimate of drug-likeness (QED) is 0.507. The molecular formula is C18H26. The minimum absolute atomic E-state index is 0.325. The van der Waals surface area contributed by atoms with Gasteiger partial charge in [0.2, 0.25) is 0 Å². The van der Waals surface area contributed by atoms with E-state index in [9.17, 15) is 0 Å². The second kappa shape index (κ2) is 3.40. The minimum atomic E-state index is 0.325. The molecule has 2 bridgehead atoms. The zero-order valence-corrected chi connectivity index (χ0v) is 12.7. The molecule has 0 heteroatoms. The summed E-state index contributed by atoms with van der Waals surface area (Å²) in [4.78, 5) is 0. The van der Waals surface area contributed by atoms with Gasteiger partial charge in [-0.25, -0.2) is 0 Å². The fraction of sp³-hybridized carbons (Fsp3) is 0.667. The predicted molar refractivity (Wildman–Crippen MR) is 78.3 cm³/mol. The van der Waals surface area contributed by atoms with Crippen molar-refractivity contribution < 1.29 is 0 Å². The molecule has 3 aliphatic rings. The lowest BCUT2D eigenvalue weighted by atomic mass is 9.78. The summed E-state index contributed by atoms with van der Waals surface area (Å²) >= 11 is 0. The van der Waals surface area contributed by atoms with E-state index in [4.69, 9.17) is 0 Å². The first kappa shape index (κ1) is 12.3. The van der Waals surface area contributed by atoms with Crippen molar-refractivity contribution in [2.75, 3.05) is 0 Å². The predicted octanol–water partition coefficient (Wildman–Crippen LogP) is 5.28. The highest BCUT2D eigenvalue weighted by Crippen LogP contribution is 2.59. The van der Waals surface area contributed by atoms with E-state index in [0.29, 0.717) is 10.8 Å². The first-order chi connectivity index (χ1) is 8.19. The van der Waals surface area contributed by atoms with Gasteiger partial charge in [-0.2, -0.15) is 0 Å². The molecule has 0 amide bonds. The summed E-state index contributed by atoms with van der Waals surface area (Å²) in [6.45, 7) is 14.3. The normalized spacial score (nSPS) is 30.8. The highest BCUT2D eigenvalue weighted by atomic mass is 14.5. The molecule has 98 valence electrons. The molecule has 0 aliphatic heterocycles. The maximum atomic E-state index is 2.46. The molecule has 3 aliphatic carbocycles. The van der Waals surface area contributed by atoms with Gasteiger partial charge in [0, 0.05) is 11.8 Å². The maximum Gasteiger partial charge on any atom is 0.00298 e. The van der Waals surface area contributed by atoms with E-state index in [-0.39, 0.29) is 0 Å². The van der Waals surface area contributed by atoms with Crippen LogP contribution in [0.1, 0.15) is 54.4 Å². The number of hydrogen-bond acceptors (Lipinski definition) is 0. The fourth-order valence-electron chi connectivity index (χ4n) is 4.00. The third-order valence-electron chi connectivity index (χ3n) is 4.93. The van der Waals surface area contributed by atoms with Gasteiger partial charge < -0.3 is 0 Å². The Morgan fingerprint density at radius 2 is 1.17 bits per heavy atom. The van der Waals surface area contributed by atoms with Crippen molar-refractivity contribution in [3.8, 4) is 0 Å². The summed E-state index contributed by atoms with van der Waals surface area (Å²) in [5.41, 5.74) is 7.57. The minimum Gasteiger partial charge on any atom is -0.0804 e. The Bertz CT molecular complexity index is 439. The van der Waals surface area contributed by atoms with Crippen LogP contribution in [0.15, 0.2) is 34.4 Å². The van der Waals surface area contributed by atoms with Gasteiger partial charge in [-0.05, 0) is 34.8 Å². The van der Waals surface area contributed by atoms with Crippen LogP contribution >= 0.6 is 0 Å². The highest BCUT2D eigenvalue weighted by molar-refractivity contribution is 5.60. The van der Waals surface area contributed by atoms with Crippen LogP contribution in [0.25, 0.3) is 0 Å². The fourth-order valence-corrected chi connectivity index (χ4v) is 4.00. The molecule has 0 nitrogen and oxygen atoms in total. The molecule has 0 aromatic heterocycles. The van der Waals surface area contributed by atoms with Crippen LogP contribution in [0.3, 0.4) is 0 Å². The van der Waals surface area contributed by atoms with Gasteiger partial charge in [-0.15, -0.1) is 0 Å². The van der Waals surface area contributed by atoms with Crippen molar-refractivity contribution in [2.24, 2.45) is 22.7 Å². The summed E-state index contributed by atoms with van der Waals surface area (Å²) < 4.78 is 0. The molecule has 0 radical (unpaired) electrons. The SMILES string of the molecule is CC(C)(C)C1=C2C(=C(C(C)(C)C)C1)C1C=CC2C1. The van der Waals surface area contributed by atoms with Crippen LogP contribution in [-0.4, -0.2) is 0 Å².